The Morgan fingerprint density at radius 1 is 1.09 bits per heavy atom. The molecule has 12 heteroatoms. The number of nitrogens with zero attached hydrogens (tertiary/aromatic N) is 1. The summed E-state index contributed by atoms with van der Waals surface area (Å²) in [5, 5.41) is 19.2. The number of rotatable bonds is 8. The first-order valence-electron chi connectivity index (χ1n) is 11.1. The number of nitrogens with two attached hydrogens (primary N) is 1. The van der Waals surface area contributed by atoms with Crippen molar-refractivity contribution < 1.29 is 42.6 Å². The number of carbonyl (C=O) groups excluding carboxylic acids is 2. The van der Waals surface area contributed by atoms with E-state index >= 15 is 0 Å². The molecule has 5 N–H and O–H groups in total. The van der Waals surface area contributed by atoms with Gasteiger partial charge in [-0.25, -0.2) is 9.59 Å². The van der Waals surface area contributed by atoms with Crippen molar-refractivity contribution in [1.29, 1.82) is 0 Å². The minimum Gasteiger partial charge on any atom is -0.480 e. The van der Waals surface area contributed by atoms with E-state index in [9.17, 15) is 32.7 Å². The molecule has 1 fully saturated rings. The quantitative estimate of drug-likeness (QED) is 0.424. The van der Waals surface area contributed by atoms with Gasteiger partial charge >= 0.3 is 18.1 Å². The Labute approximate surface area is 201 Å². The first kappa shape index (κ1) is 29.9. The predicted molar refractivity (Wildman–Crippen MR) is 120 cm³/mol. The second kappa shape index (κ2) is 13.7. The van der Waals surface area contributed by atoms with Gasteiger partial charge in [0.1, 0.15) is 6.04 Å². The van der Waals surface area contributed by atoms with Crippen LogP contribution in [0.5, 0.6) is 0 Å². The number of carboxylic acid groups (broad SMARTS) is 2. The molecule has 196 valence electrons. The molecule has 0 aliphatic carbocycles. The standard InChI is InChI=1S/C21H31N3O4.C2HF3O2/c1-14(2)12-17(22)20(26)24-10-8-16(9-11-24)19(25)23-18(21(27)28)13-15-6-4-3-5-7-15;3-2(4,5)1(6)7/h3-7,14,16-18H,8-13,22H2,1-2H3,(H,23,25)(H,27,28);(H,6,7)/t17-,18+;/m0./s1. The van der Waals surface area contributed by atoms with E-state index in [1.807, 2.05) is 44.2 Å². The lowest BCUT2D eigenvalue weighted by Crippen LogP contribution is -2.51. The summed E-state index contributed by atoms with van der Waals surface area (Å²) in [6.07, 6.45) is -3.17. The molecule has 2 rings (SSSR count). The van der Waals surface area contributed by atoms with Crippen LogP contribution >= 0.6 is 0 Å². The summed E-state index contributed by atoms with van der Waals surface area (Å²) >= 11 is 0. The average molecular weight is 504 g/mol. The summed E-state index contributed by atoms with van der Waals surface area (Å²) in [5.74, 6) is -4.08. The molecule has 0 saturated carbocycles. The molecule has 0 spiro atoms. The van der Waals surface area contributed by atoms with E-state index in [-0.39, 0.29) is 24.2 Å². The zero-order valence-electron chi connectivity index (χ0n) is 19.6. The van der Waals surface area contributed by atoms with Crippen LogP contribution in [0.1, 0.15) is 38.7 Å². The van der Waals surface area contributed by atoms with Crippen molar-refractivity contribution in [3.63, 3.8) is 0 Å². The second-order valence-electron chi connectivity index (χ2n) is 8.73. The van der Waals surface area contributed by atoms with Crippen LogP contribution in [0.2, 0.25) is 0 Å². The number of aliphatic carboxylic acids is 2. The van der Waals surface area contributed by atoms with E-state index in [1.165, 1.54) is 0 Å². The predicted octanol–water partition coefficient (Wildman–Crippen LogP) is 2.04. The second-order valence-corrected chi connectivity index (χ2v) is 8.73. The number of halogens is 3. The highest BCUT2D eigenvalue weighted by Crippen LogP contribution is 2.19. The molecule has 35 heavy (non-hydrogen) atoms. The molecule has 1 aromatic rings. The molecule has 0 aromatic heterocycles. The molecular formula is C23H32F3N3O6. The summed E-state index contributed by atoms with van der Waals surface area (Å²) < 4.78 is 31.7. The Morgan fingerprint density at radius 3 is 2.03 bits per heavy atom. The lowest BCUT2D eigenvalue weighted by atomic mass is 9.94. The topological polar surface area (TPSA) is 150 Å². The fraction of sp³-hybridized carbons (Fsp3) is 0.565. The van der Waals surface area contributed by atoms with Gasteiger partial charge < -0.3 is 26.2 Å². The number of hydrogen-bond acceptors (Lipinski definition) is 5. The lowest BCUT2D eigenvalue weighted by Gasteiger charge is -2.33. The number of hydrogen-bond donors (Lipinski definition) is 4. The van der Waals surface area contributed by atoms with Crippen LogP contribution in [-0.2, 0) is 25.6 Å². The van der Waals surface area contributed by atoms with Crippen molar-refractivity contribution in [3.8, 4) is 0 Å². The summed E-state index contributed by atoms with van der Waals surface area (Å²) in [5.41, 5.74) is 6.84. The molecule has 1 heterocycles. The largest absolute Gasteiger partial charge is 0.490 e. The van der Waals surface area contributed by atoms with Gasteiger partial charge in [-0.1, -0.05) is 44.2 Å². The van der Waals surface area contributed by atoms with Gasteiger partial charge in [0.25, 0.3) is 0 Å². The maximum Gasteiger partial charge on any atom is 0.490 e. The molecule has 2 amide bonds. The Bertz CT molecular complexity index is 856. The number of amides is 2. The third kappa shape index (κ3) is 10.8. The zero-order chi connectivity index (χ0) is 26.8. The van der Waals surface area contributed by atoms with Gasteiger partial charge in [-0.2, -0.15) is 13.2 Å². The van der Waals surface area contributed by atoms with Crippen molar-refractivity contribution in [2.75, 3.05) is 13.1 Å². The Hall–Kier alpha value is -3.15. The highest BCUT2D eigenvalue weighted by Gasteiger charge is 2.38. The van der Waals surface area contributed by atoms with E-state index in [0.29, 0.717) is 38.3 Å². The fourth-order valence-corrected chi connectivity index (χ4v) is 3.54. The molecule has 0 unspecified atom stereocenters. The van der Waals surface area contributed by atoms with Gasteiger partial charge in [0.15, 0.2) is 0 Å². The van der Waals surface area contributed by atoms with E-state index in [1.54, 1.807) is 4.90 Å². The minimum absolute atomic E-state index is 0.0694. The number of alkyl halides is 3. The first-order chi connectivity index (χ1) is 16.2. The molecule has 1 aliphatic heterocycles. The zero-order valence-corrected chi connectivity index (χ0v) is 19.6. The molecule has 0 radical (unpaired) electrons. The van der Waals surface area contributed by atoms with E-state index in [4.69, 9.17) is 15.6 Å². The van der Waals surface area contributed by atoms with Crippen molar-refractivity contribution in [3.05, 3.63) is 35.9 Å². The molecule has 2 atom stereocenters. The van der Waals surface area contributed by atoms with Gasteiger partial charge in [-0.15, -0.1) is 0 Å². The Morgan fingerprint density at radius 2 is 1.60 bits per heavy atom. The van der Waals surface area contributed by atoms with E-state index in [2.05, 4.69) is 5.32 Å². The number of carboxylic acids is 2. The van der Waals surface area contributed by atoms with Crippen molar-refractivity contribution in [2.24, 2.45) is 17.6 Å². The maximum atomic E-state index is 12.6. The van der Waals surface area contributed by atoms with Crippen molar-refractivity contribution in [1.82, 2.24) is 10.2 Å². The Balaban J connectivity index is 0.000000762. The fourth-order valence-electron chi connectivity index (χ4n) is 3.54. The minimum atomic E-state index is -5.08. The maximum absolute atomic E-state index is 12.6. The van der Waals surface area contributed by atoms with Crippen LogP contribution in [0.25, 0.3) is 0 Å². The van der Waals surface area contributed by atoms with E-state index < -0.39 is 30.2 Å². The van der Waals surface area contributed by atoms with Crippen LogP contribution in [0.3, 0.4) is 0 Å². The van der Waals surface area contributed by atoms with Gasteiger partial charge in [-0.05, 0) is 30.7 Å². The summed E-state index contributed by atoms with van der Waals surface area (Å²) in [4.78, 5) is 47.1. The van der Waals surface area contributed by atoms with Gasteiger partial charge in [0.05, 0.1) is 6.04 Å². The molecular weight excluding hydrogens is 471 g/mol. The highest BCUT2D eigenvalue weighted by molar-refractivity contribution is 5.86. The first-order valence-corrected chi connectivity index (χ1v) is 11.1. The van der Waals surface area contributed by atoms with Crippen LogP contribution in [0, 0.1) is 11.8 Å². The third-order valence-electron chi connectivity index (χ3n) is 5.36. The Kier molecular flexibility index (Phi) is 11.7. The van der Waals surface area contributed by atoms with Crippen molar-refractivity contribution >= 4 is 23.8 Å². The normalized spacial score (nSPS) is 16.0. The van der Waals surface area contributed by atoms with E-state index in [0.717, 1.165) is 5.56 Å². The number of nitrogens with one attached hydrogen (secondary N) is 1. The molecule has 9 nitrogen and oxygen atoms in total. The van der Waals surface area contributed by atoms with Crippen molar-refractivity contribution in [2.45, 2.75) is 57.8 Å². The third-order valence-corrected chi connectivity index (χ3v) is 5.36. The van der Waals surface area contributed by atoms with Gasteiger partial charge in [0.2, 0.25) is 11.8 Å². The van der Waals surface area contributed by atoms with Gasteiger partial charge in [-0.3, -0.25) is 9.59 Å². The summed E-state index contributed by atoms with van der Waals surface area (Å²) in [7, 11) is 0. The molecule has 1 saturated heterocycles. The number of likely N-dealkylation sites (tertiary alicyclic amines) is 1. The summed E-state index contributed by atoms with van der Waals surface area (Å²) in [6, 6.07) is 7.75. The van der Waals surface area contributed by atoms with Crippen LogP contribution in [-0.4, -0.2) is 70.2 Å². The monoisotopic (exact) mass is 503 g/mol. The van der Waals surface area contributed by atoms with Crippen LogP contribution in [0.4, 0.5) is 13.2 Å². The SMILES string of the molecule is CC(C)C[C@H](N)C(=O)N1CCC(C(=O)N[C@H](Cc2ccccc2)C(=O)O)CC1.O=C(O)C(F)(F)F. The smallest absolute Gasteiger partial charge is 0.480 e. The molecule has 1 aromatic carbocycles. The summed E-state index contributed by atoms with van der Waals surface area (Å²) in [6.45, 7) is 4.99. The van der Waals surface area contributed by atoms with Crippen LogP contribution < -0.4 is 11.1 Å². The number of carbonyl (C=O) groups is 4. The average Bonchev–Trinajstić information content (AvgIpc) is 2.78. The molecule has 1 aliphatic rings. The number of piperidine rings is 1. The number of benzene rings is 1. The van der Waals surface area contributed by atoms with Crippen LogP contribution in [0.15, 0.2) is 30.3 Å². The molecule has 0 bridgehead atoms. The lowest BCUT2D eigenvalue weighted by molar-refractivity contribution is -0.192. The van der Waals surface area contributed by atoms with Gasteiger partial charge in [0, 0.05) is 25.4 Å². The highest BCUT2D eigenvalue weighted by atomic mass is 19.4.